The van der Waals surface area contributed by atoms with Crippen LogP contribution in [0.15, 0.2) is 36.7 Å². The lowest BCUT2D eigenvalue weighted by Gasteiger charge is -2.27. The molecule has 0 atom stereocenters. The van der Waals surface area contributed by atoms with Gasteiger partial charge in [-0.05, 0) is 24.3 Å². The van der Waals surface area contributed by atoms with Crippen LogP contribution in [0.2, 0.25) is 0 Å². The van der Waals surface area contributed by atoms with Crippen LogP contribution >= 0.6 is 0 Å². The highest BCUT2D eigenvalue weighted by atomic mass is 19.1. The molecule has 1 aliphatic rings. The van der Waals surface area contributed by atoms with Crippen molar-refractivity contribution in [2.45, 2.75) is 0 Å². The van der Waals surface area contributed by atoms with Gasteiger partial charge in [-0.15, -0.1) is 0 Å². The summed E-state index contributed by atoms with van der Waals surface area (Å²) in [5, 5.41) is 7.64. The van der Waals surface area contributed by atoms with Gasteiger partial charge in [-0.2, -0.15) is 5.10 Å². The van der Waals surface area contributed by atoms with E-state index in [9.17, 15) is 4.39 Å². The van der Waals surface area contributed by atoms with Crippen molar-refractivity contribution in [2.24, 2.45) is 0 Å². The van der Waals surface area contributed by atoms with Gasteiger partial charge >= 0.3 is 0 Å². The molecule has 0 saturated carbocycles. The highest BCUT2D eigenvalue weighted by Gasteiger charge is 2.12. The van der Waals surface area contributed by atoms with Gasteiger partial charge in [0, 0.05) is 26.2 Å². The minimum Gasteiger partial charge on any atom is -0.366 e. The molecule has 5 heteroatoms. The lowest BCUT2D eigenvalue weighted by molar-refractivity contribution is 0.589. The van der Waals surface area contributed by atoms with Gasteiger partial charge in [-0.25, -0.2) is 9.07 Å². The van der Waals surface area contributed by atoms with Crippen molar-refractivity contribution in [3.8, 4) is 5.69 Å². The Hall–Kier alpha value is -1.88. The number of rotatable bonds is 2. The molecule has 2 heterocycles. The molecule has 1 N–H and O–H groups in total. The van der Waals surface area contributed by atoms with Crippen molar-refractivity contribution >= 4 is 5.69 Å². The Morgan fingerprint density at radius 1 is 1.06 bits per heavy atom. The van der Waals surface area contributed by atoms with Gasteiger partial charge in [-0.3, -0.25) is 0 Å². The van der Waals surface area contributed by atoms with Gasteiger partial charge in [0.05, 0.1) is 23.8 Å². The molecule has 1 fully saturated rings. The van der Waals surface area contributed by atoms with Crippen LogP contribution in [-0.2, 0) is 0 Å². The molecule has 94 valence electrons. The van der Waals surface area contributed by atoms with E-state index in [0.717, 1.165) is 37.6 Å². The first kappa shape index (κ1) is 11.2. The zero-order valence-corrected chi connectivity index (χ0v) is 10.0. The maximum Gasteiger partial charge on any atom is 0.123 e. The Labute approximate surface area is 105 Å². The molecule has 1 aromatic heterocycles. The van der Waals surface area contributed by atoms with Crippen molar-refractivity contribution in [1.82, 2.24) is 15.1 Å². The van der Waals surface area contributed by atoms with Gasteiger partial charge in [0.15, 0.2) is 0 Å². The molecule has 4 nitrogen and oxygen atoms in total. The summed E-state index contributed by atoms with van der Waals surface area (Å²) in [7, 11) is 0. The predicted octanol–water partition coefficient (Wildman–Crippen LogP) is 1.42. The molecule has 0 bridgehead atoms. The second-order valence-electron chi connectivity index (χ2n) is 4.36. The standard InChI is InChI=1S/C13H15FN4/c14-11-1-3-12(4-2-11)18-10-13(9-16-18)17-7-5-15-6-8-17/h1-4,9-10,15H,5-8H2. The van der Waals surface area contributed by atoms with E-state index in [1.807, 2.05) is 12.4 Å². The van der Waals surface area contributed by atoms with Gasteiger partial charge in [0.2, 0.25) is 0 Å². The molecular weight excluding hydrogens is 231 g/mol. The summed E-state index contributed by atoms with van der Waals surface area (Å²) in [6, 6.07) is 6.34. The highest BCUT2D eigenvalue weighted by molar-refractivity contribution is 5.45. The molecule has 0 radical (unpaired) electrons. The Morgan fingerprint density at radius 2 is 1.78 bits per heavy atom. The monoisotopic (exact) mass is 246 g/mol. The van der Waals surface area contributed by atoms with E-state index in [-0.39, 0.29) is 5.82 Å². The topological polar surface area (TPSA) is 33.1 Å². The predicted molar refractivity (Wildman–Crippen MR) is 68.6 cm³/mol. The molecule has 0 spiro atoms. The van der Waals surface area contributed by atoms with Crippen LogP contribution in [0.1, 0.15) is 0 Å². The Balaban J connectivity index is 1.82. The van der Waals surface area contributed by atoms with E-state index in [2.05, 4.69) is 15.3 Å². The molecule has 1 aromatic carbocycles. The van der Waals surface area contributed by atoms with Crippen molar-refractivity contribution in [2.75, 3.05) is 31.1 Å². The van der Waals surface area contributed by atoms with Crippen molar-refractivity contribution in [1.29, 1.82) is 0 Å². The Bertz CT molecular complexity index is 514. The summed E-state index contributed by atoms with van der Waals surface area (Å²) in [5.74, 6) is -0.228. The number of nitrogens with one attached hydrogen (secondary N) is 1. The molecule has 0 aliphatic carbocycles. The van der Waals surface area contributed by atoms with E-state index < -0.39 is 0 Å². The van der Waals surface area contributed by atoms with Crippen LogP contribution in [0.5, 0.6) is 0 Å². The van der Waals surface area contributed by atoms with E-state index >= 15 is 0 Å². The zero-order valence-electron chi connectivity index (χ0n) is 10.0. The van der Waals surface area contributed by atoms with Crippen molar-refractivity contribution < 1.29 is 4.39 Å². The van der Waals surface area contributed by atoms with E-state index in [1.54, 1.807) is 16.8 Å². The number of halogens is 1. The lowest BCUT2D eigenvalue weighted by Crippen LogP contribution is -2.43. The number of nitrogens with zero attached hydrogens (tertiary/aromatic N) is 3. The third kappa shape index (κ3) is 2.22. The van der Waals surface area contributed by atoms with Crippen LogP contribution in [0, 0.1) is 5.82 Å². The molecule has 1 saturated heterocycles. The summed E-state index contributed by atoms with van der Waals surface area (Å²) in [5.41, 5.74) is 1.98. The summed E-state index contributed by atoms with van der Waals surface area (Å²) >= 11 is 0. The van der Waals surface area contributed by atoms with Crippen molar-refractivity contribution in [3.63, 3.8) is 0 Å². The number of anilines is 1. The lowest BCUT2D eigenvalue weighted by atomic mass is 10.3. The SMILES string of the molecule is Fc1ccc(-n2cc(N3CCNCC3)cn2)cc1. The number of hydrogen-bond donors (Lipinski definition) is 1. The fourth-order valence-corrected chi connectivity index (χ4v) is 2.13. The number of hydrogen-bond acceptors (Lipinski definition) is 3. The summed E-state index contributed by atoms with van der Waals surface area (Å²) in [6.07, 6.45) is 3.84. The van der Waals surface area contributed by atoms with Crippen LogP contribution < -0.4 is 10.2 Å². The fraction of sp³-hybridized carbons (Fsp3) is 0.308. The largest absolute Gasteiger partial charge is 0.366 e. The molecule has 0 amide bonds. The van der Waals surface area contributed by atoms with E-state index in [0.29, 0.717) is 0 Å². The van der Waals surface area contributed by atoms with Crippen LogP contribution in [0.3, 0.4) is 0 Å². The second-order valence-corrected chi connectivity index (χ2v) is 4.36. The average Bonchev–Trinajstić information content (AvgIpc) is 2.90. The number of piperazine rings is 1. The zero-order chi connectivity index (χ0) is 12.4. The first-order valence-corrected chi connectivity index (χ1v) is 6.09. The molecular formula is C13H15FN4. The maximum atomic E-state index is 12.9. The Morgan fingerprint density at radius 3 is 2.50 bits per heavy atom. The quantitative estimate of drug-likeness (QED) is 0.870. The van der Waals surface area contributed by atoms with E-state index in [4.69, 9.17) is 0 Å². The van der Waals surface area contributed by atoms with Gasteiger partial charge in [0.25, 0.3) is 0 Å². The van der Waals surface area contributed by atoms with Gasteiger partial charge in [0.1, 0.15) is 5.82 Å². The van der Waals surface area contributed by atoms with Gasteiger partial charge in [-0.1, -0.05) is 0 Å². The second kappa shape index (κ2) is 4.78. The maximum absolute atomic E-state index is 12.9. The molecule has 2 aromatic rings. The fourth-order valence-electron chi connectivity index (χ4n) is 2.13. The van der Waals surface area contributed by atoms with Gasteiger partial charge < -0.3 is 10.2 Å². The number of aromatic nitrogens is 2. The summed E-state index contributed by atoms with van der Waals surface area (Å²) in [6.45, 7) is 3.99. The molecule has 0 unspecified atom stereocenters. The molecule has 18 heavy (non-hydrogen) atoms. The first-order chi connectivity index (χ1) is 8.83. The third-order valence-corrected chi connectivity index (χ3v) is 3.14. The smallest absolute Gasteiger partial charge is 0.123 e. The first-order valence-electron chi connectivity index (χ1n) is 6.09. The minimum atomic E-state index is -0.228. The third-order valence-electron chi connectivity index (χ3n) is 3.14. The number of benzene rings is 1. The normalized spacial score (nSPS) is 15.9. The minimum absolute atomic E-state index is 0.228. The van der Waals surface area contributed by atoms with Crippen LogP contribution in [0.25, 0.3) is 5.69 Å². The highest BCUT2D eigenvalue weighted by Crippen LogP contribution is 2.16. The van der Waals surface area contributed by atoms with Crippen molar-refractivity contribution in [3.05, 3.63) is 42.5 Å². The molecule has 1 aliphatic heterocycles. The summed E-state index contributed by atoms with van der Waals surface area (Å²) in [4.78, 5) is 2.30. The van der Waals surface area contributed by atoms with Crippen LogP contribution in [-0.4, -0.2) is 36.0 Å². The molecule has 3 rings (SSSR count). The summed E-state index contributed by atoms with van der Waals surface area (Å²) < 4.78 is 14.6. The average molecular weight is 246 g/mol. The van der Waals surface area contributed by atoms with Crippen LogP contribution in [0.4, 0.5) is 10.1 Å². The Kier molecular flexibility index (Phi) is 2.98. The van der Waals surface area contributed by atoms with E-state index in [1.165, 1.54) is 12.1 Å².